The van der Waals surface area contributed by atoms with Crippen molar-refractivity contribution in [1.82, 2.24) is 9.36 Å². The molecule has 0 saturated heterocycles. The molecule has 90 valence electrons. The summed E-state index contributed by atoms with van der Waals surface area (Å²) in [4.78, 5) is 4.08. The van der Waals surface area contributed by atoms with E-state index in [2.05, 4.69) is 9.36 Å². The summed E-state index contributed by atoms with van der Waals surface area (Å²) in [6, 6.07) is 3.52. The van der Waals surface area contributed by atoms with Gasteiger partial charge in [0.2, 0.25) is 0 Å². The molecule has 2 N–H and O–H groups in total. The molecule has 1 heterocycles. The van der Waals surface area contributed by atoms with E-state index in [4.69, 9.17) is 26.8 Å². The molecule has 0 spiro atoms. The molecule has 0 amide bonds. The van der Waals surface area contributed by atoms with Crippen LogP contribution in [0.4, 0.5) is 5.13 Å². The number of benzene rings is 1. The molecule has 0 saturated carbocycles. The normalized spacial score (nSPS) is 10.3. The van der Waals surface area contributed by atoms with Crippen LogP contribution >= 0.6 is 23.1 Å². The minimum atomic E-state index is 0.394. The molecule has 0 radical (unpaired) electrons. The number of halogens is 1. The van der Waals surface area contributed by atoms with Gasteiger partial charge in [-0.2, -0.15) is 9.36 Å². The maximum absolute atomic E-state index is 6.22. The van der Waals surface area contributed by atoms with Crippen LogP contribution in [0.25, 0.3) is 11.4 Å². The number of ether oxygens (including phenoxy) is 2. The van der Waals surface area contributed by atoms with Crippen molar-refractivity contribution in [2.45, 2.75) is 0 Å². The zero-order valence-electron chi connectivity index (χ0n) is 9.23. The summed E-state index contributed by atoms with van der Waals surface area (Å²) in [5, 5.41) is 0.801. The van der Waals surface area contributed by atoms with Crippen molar-refractivity contribution in [1.29, 1.82) is 0 Å². The number of hydrogen-bond acceptors (Lipinski definition) is 6. The molecule has 0 unspecified atom stereocenters. The van der Waals surface area contributed by atoms with Gasteiger partial charge >= 0.3 is 0 Å². The summed E-state index contributed by atoms with van der Waals surface area (Å²) in [6.45, 7) is 0. The Labute approximate surface area is 107 Å². The highest BCUT2D eigenvalue weighted by Crippen LogP contribution is 2.41. The monoisotopic (exact) mass is 271 g/mol. The summed E-state index contributed by atoms with van der Waals surface area (Å²) in [5.74, 6) is 1.50. The standard InChI is InChI=1S/C10H10ClN3O2S/c1-15-6-4-3-5(7(11)8(6)16-2)9-13-10(12)17-14-9/h3-4H,1-2H3,(H2,12,13,14). The van der Waals surface area contributed by atoms with E-state index in [9.17, 15) is 0 Å². The van der Waals surface area contributed by atoms with Gasteiger partial charge in [0.25, 0.3) is 0 Å². The Morgan fingerprint density at radius 2 is 2.06 bits per heavy atom. The van der Waals surface area contributed by atoms with Gasteiger partial charge in [-0.05, 0) is 12.1 Å². The summed E-state index contributed by atoms with van der Waals surface area (Å²) in [5.41, 5.74) is 6.20. The molecule has 0 aliphatic heterocycles. The number of rotatable bonds is 3. The first-order valence-electron chi connectivity index (χ1n) is 4.67. The molecule has 5 nitrogen and oxygen atoms in total. The van der Waals surface area contributed by atoms with Crippen molar-refractivity contribution in [3.63, 3.8) is 0 Å². The number of methoxy groups -OCH3 is 2. The Balaban J connectivity index is 2.56. The maximum Gasteiger partial charge on any atom is 0.200 e. The fourth-order valence-electron chi connectivity index (χ4n) is 1.41. The highest BCUT2D eigenvalue weighted by Gasteiger charge is 2.16. The fraction of sp³-hybridized carbons (Fsp3) is 0.200. The van der Waals surface area contributed by atoms with Crippen LogP contribution in [0.1, 0.15) is 0 Å². The molecule has 7 heteroatoms. The van der Waals surface area contributed by atoms with Crippen molar-refractivity contribution in [3.8, 4) is 22.9 Å². The first-order chi connectivity index (χ1) is 8.17. The lowest BCUT2D eigenvalue weighted by Gasteiger charge is -2.10. The second-order valence-corrected chi connectivity index (χ2v) is 4.28. The summed E-state index contributed by atoms with van der Waals surface area (Å²) in [6.07, 6.45) is 0. The Morgan fingerprint density at radius 3 is 2.59 bits per heavy atom. The number of hydrogen-bond donors (Lipinski definition) is 1. The second kappa shape index (κ2) is 4.77. The second-order valence-electron chi connectivity index (χ2n) is 3.12. The number of aromatic nitrogens is 2. The van der Waals surface area contributed by atoms with Crippen LogP contribution in [0.3, 0.4) is 0 Å². The predicted octanol–water partition coefficient (Wildman–Crippen LogP) is 2.46. The van der Waals surface area contributed by atoms with Crippen molar-refractivity contribution in [2.75, 3.05) is 20.0 Å². The number of nitrogen functional groups attached to an aromatic ring is 1. The highest BCUT2D eigenvalue weighted by atomic mass is 35.5. The molecule has 0 aliphatic rings. The molecule has 0 atom stereocenters. The molecule has 2 aromatic rings. The summed E-state index contributed by atoms with van der Waals surface area (Å²) in [7, 11) is 3.07. The van der Waals surface area contributed by atoms with Gasteiger partial charge in [-0.25, -0.2) is 0 Å². The molecule has 2 rings (SSSR count). The summed E-state index contributed by atoms with van der Waals surface area (Å²) < 4.78 is 14.4. The molecule has 0 bridgehead atoms. The zero-order valence-corrected chi connectivity index (χ0v) is 10.8. The fourth-order valence-corrected chi connectivity index (χ4v) is 2.17. The van der Waals surface area contributed by atoms with Crippen molar-refractivity contribution >= 4 is 28.3 Å². The number of anilines is 1. The molecule has 1 aromatic carbocycles. The van der Waals surface area contributed by atoms with Crippen molar-refractivity contribution in [3.05, 3.63) is 17.2 Å². The van der Waals surface area contributed by atoms with Gasteiger partial charge < -0.3 is 15.2 Å². The van der Waals surface area contributed by atoms with E-state index >= 15 is 0 Å². The lowest BCUT2D eigenvalue weighted by atomic mass is 10.2. The van der Waals surface area contributed by atoms with E-state index in [1.54, 1.807) is 19.2 Å². The van der Waals surface area contributed by atoms with Crippen molar-refractivity contribution < 1.29 is 9.47 Å². The summed E-state index contributed by atoms with van der Waals surface area (Å²) >= 11 is 7.33. The topological polar surface area (TPSA) is 70.3 Å². The Kier molecular flexibility index (Phi) is 3.35. The van der Waals surface area contributed by atoms with E-state index in [1.807, 2.05) is 0 Å². The maximum atomic E-state index is 6.22. The van der Waals surface area contributed by atoms with Crippen LogP contribution in [-0.4, -0.2) is 23.6 Å². The van der Waals surface area contributed by atoms with E-state index in [-0.39, 0.29) is 0 Å². The average Bonchev–Trinajstić information content (AvgIpc) is 2.75. The van der Waals surface area contributed by atoms with Crippen LogP contribution in [0.5, 0.6) is 11.5 Å². The predicted molar refractivity (Wildman–Crippen MR) is 67.9 cm³/mol. The minimum absolute atomic E-state index is 0.394. The Bertz CT molecular complexity index is 544. The van der Waals surface area contributed by atoms with Crippen LogP contribution in [0.15, 0.2) is 12.1 Å². The van der Waals surface area contributed by atoms with E-state index in [0.29, 0.717) is 33.0 Å². The van der Waals surface area contributed by atoms with Gasteiger partial charge in [0, 0.05) is 17.1 Å². The first-order valence-corrected chi connectivity index (χ1v) is 5.82. The molecule has 0 fully saturated rings. The molecular formula is C10H10ClN3O2S. The average molecular weight is 272 g/mol. The molecule has 0 aliphatic carbocycles. The molecule has 17 heavy (non-hydrogen) atoms. The third kappa shape index (κ3) is 2.13. The molecular weight excluding hydrogens is 262 g/mol. The lowest BCUT2D eigenvalue weighted by Crippen LogP contribution is -1.93. The third-order valence-corrected chi connectivity index (χ3v) is 3.09. The Hall–Kier alpha value is -1.53. The van der Waals surface area contributed by atoms with Crippen LogP contribution < -0.4 is 15.2 Å². The third-order valence-electron chi connectivity index (χ3n) is 2.17. The number of nitrogens with zero attached hydrogens (tertiary/aromatic N) is 2. The van der Waals surface area contributed by atoms with Crippen molar-refractivity contribution in [2.24, 2.45) is 0 Å². The van der Waals surface area contributed by atoms with Crippen LogP contribution in [-0.2, 0) is 0 Å². The quantitative estimate of drug-likeness (QED) is 0.928. The van der Waals surface area contributed by atoms with E-state index in [0.717, 1.165) is 11.5 Å². The first kappa shape index (κ1) is 11.9. The van der Waals surface area contributed by atoms with Crippen LogP contribution in [0, 0.1) is 0 Å². The molecule has 1 aromatic heterocycles. The lowest BCUT2D eigenvalue weighted by molar-refractivity contribution is 0.355. The minimum Gasteiger partial charge on any atom is -0.493 e. The van der Waals surface area contributed by atoms with Gasteiger partial charge in [-0.3, -0.25) is 0 Å². The number of nitrogens with two attached hydrogens (primary N) is 1. The van der Waals surface area contributed by atoms with Gasteiger partial charge in [0.1, 0.15) is 0 Å². The van der Waals surface area contributed by atoms with Crippen LogP contribution in [0.2, 0.25) is 5.02 Å². The van der Waals surface area contributed by atoms with Gasteiger partial charge in [-0.15, -0.1) is 0 Å². The SMILES string of the molecule is COc1ccc(-c2nsc(N)n2)c(Cl)c1OC. The highest BCUT2D eigenvalue weighted by molar-refractivity contribution is 7.09. The van der Waals surface area contributed by atoms with Gasteiger partial charge in [0.05, 0.1) is 19.2 Å². The Morgan fingerprint density at radius 1 is 1.29 bits per heavy atom. The van der Waals surface area contributed by atoms with Gasteiger partial charge in [0.15, 0.2) is 22.5 Å². The smallest absolute Gasteiger partial charge is 0.200 e. The zero-order chi connectivity index (χ0) is 12.4. The largest absolute Gasteiger partial charge is 0.493 e. The van der Waals surface area contributed by atoms with E-state index in [1.165, 1.54) is 7.11 Å². The van der Waals surface area contributed by atoms with E-state index < -0.39 is 0 Å². The van der Waals surface area contributed by atoms with Gasteiger partial charge in [-0.1, -0.05) is 11.6 Å².